The van der Waals surface area contributed by atoms with Gasteiger partial charge in [0, 0.05) is 30.3 Å². The van der Waals surface area contributed by atoms with Crippen LogP contribution >= 0.6 is 0 Å². The number of anilines is 2. The number of carbonyl (C=O) groups excluding carboxylic acids is 2. The molecule has 112 valence electrons. The van der Waals surface area contributed by atoms with E-state index in [1.165, 1.54) is 0 Å². The largest absolute Gasteiger partial charge is 0.326 e. The van der Waals surface area contributed by atoms with E-state index < -0.39 is 0 Å². The number of carbonyl (C=O) groups is 2. The van der Waals surface area contributed by atoms with Gasteiger partial charge < -0.3 is 10.2 Å². The van der Waals surface area contributed by atoms with E-state index >= 15 is 0 Å². The molecule has 1 aliphatic carbocycles. The van der Waals surface area contributed by atoms with Gasteiger partial charge in [-0.25, -0.2) is 0 Å². The van der Waals surface area contributed by atoms with Crippen molar-refractivity contribution in [2.24, 2.45) is 5.92 Å². The van der Waals surface area contributed by atoms with Crippen LogP contribution in [0.5, 0.6) is 0 Å². The third-order valence-electron chi connectivity index (χ3n) is 4.55. The van der Waals surface area contributed by atoms with Gasteiger partial charge in [-0.15, -0.1) is 0 Å². The van der Waals surface area contributed by atoms with Crippen LogP contribution in [0, 0.1) is 12.8 Å². The highest BCUT2D eigenvalue weighted by atomic mass is 16.2. The van der Waals surface area contributed by atoms with E-state index in [1.54, 1.807) is 0 Å². The molecule has 1 heterocycles. The van der Waals surface area contributed by atoms with Crippen LogP contribution in [0.4, 0.5) is 11.4 Å². The maximum atomic E-state index is 12.0. The van der Waals surface area contributed by atoms with Crippen LogP contribution in [0.1, 0.15) is 44.1 Å². The lowest BCUT2D eigenvalue weighted by atomic mass is 9.85. The van der Waals surface area contributed by atoms with Gasteiger partial charge in [-0.1, -0.05) is 6.42 Å². The Morgan fingerprint density at radius 3 is 2.67 bits per heavy atom. The molecule has 1 aromatic rings. The molecule has 2 aliphatic rings. The third kappa shape index (κ3) is 2.94. The SMILES string of the molecule is Cc1cc(NC(=O)C2CCC2)ccc1N1CCCCC1=O. The number of nitrogens with zero attached hydrogens (tertiary/aromatic N) is 1. The number of piperidine rings is 1. The average Bonchev–Trinajstić information content (AvgIpc) is 2.38. The monoisotopic (exact) mass is 286 g/mol. The summed E-state index contributed by atoms with van der Waals surface area (Å²) in [6.45, 7) is 2.80. The summed E-state index contributed by atoms with van der Waals surface area (Å²) >= 11 is 0. The predicted molar refractivity (Wildman–Crippen MR) is 83.4 cm³/mol. The number of aryl methyl sites for hydroxylation is 1. The number of rotatable bonds is 3. The first kappa shape index (κ1) is 14.1. The van der Waals surface area contributed by atoms with E-state index in [9.17, 15) is 9.59 Å². The maximum absolute atomic E-state index is 12.0. The maximum Gasteiger partial charge on any atom is 0.227 e. The van der Waals surface area contributed by atoms with Gasteiger partial charge in [-0.2, -0.15) is 0 Å². The molecule has 3 rings (SSSR count). The molecule has 21 heavy (non-hydrogen) atoms. The molecule has 0 aromatic heterocycles. The summed E-state index contributed by atoms with van der Waals surface area (Å²) in [6.07, 6.45) is 5.86. The van der Waals surface area contributed by atoms with E-state index in [4.69, 9.17) is 0 Å². The molecule has 0 unspecified atom stereocenters. The summed E-state index contributed by atoms with van der Waals surface area (Å²) in [5.74, 6) is 0.520. The molecular formula is C17H22N2O2. The fourth-order valence-corrected chi connectivity index (χ4v) is 3.01. The van der Waals surface area contributed by atoms with Gasteiger partial charge >= 0.3 is 0 Å². The van der Waals surface area contributed by atoms with Crippen molar-refractivity contribution in [3.8, 4) is 0 Å². The molecule has 0 radical (unpaired) electrons. The lowest BCUT2D eigenvalue weighted by Crippen LogP contribution is -2.35. The smallest absolute Gasteiger partial charge is 0.227 e. The summed E-state index contributed by atoms with van der Waals surface area (Å²) < 4.78 is 0. The van der Waals surface area contributed by atoms with Gasteiger partial charge in [-0.05, 0) is 56.4 Å². The summed E-state index contributed by atoms with van der Waals surface area (Å²) in [7, 11) is 0. The van der Waals surface area contributed by atoms with Gasteiger partial charge in [0.25, 0.3) is 0 Å². The fraction of sp³-hybridized carbons (Fsp3) is 0.529. The van der Waals surface area contributed by atoms with E-state index in [1.807, 2.05) is 30.0 Å². The van der Waals surface area contributed by atoms with Gasteiger partial charge in [0.1, 0.15) is 0 Å². The molecule has 1 N–H and O–H groups in total. The zero-order valence-corrected chi connectivity index (χ0v) is 12.5. The topological polar surface area (TPSA) is 49.4 Å². The Kier molecular flexibility index (Phi) is 3.95. The minimum Gasteiger partial charge on any atom is -0.326 e. The van der Waals surface area contributed by atoms with Crippen molar-refractivity contribution in [2.45, 2.75) is 45.4 Å². The molecule has 0 bridgehead atoms. The van der Waals surface area contributed by atoms with Crippen molar-refractivity contribution >= 4 is 23.2 Å². The second-order valence-electron chi connectivity index (χ2n) is 6.12. The molecular weight excluding hydrogens is 264 g/mol. The van der Waals surface area contributed by atoms with Crippen LogP contribution in [-0.2, 0) is 9.59 Å². The summed E-state index contributed by atoms with van der Waals surface area (Å²) in [5.41, 5.74) is 2.84. The van der Waals surface area contributed by atoms with Crippen LogP contribution in [-0.4, -0.2) is 18.4 Å². The van der Waals surface area contributed by atoms with Crippen molar-refractivity contribution in [1.29, 1.82) is 0 Å². The Hall–Kier alpha value is -1.84. The lowest BCUT2D eigenvalue weighted by Gasteiger charge is -2.28. The molecule has 2 amide bonds. The minimum absolute atomic E-state index is 0.127. The van der Waals surface area contributed by atoms with Crippen LogP contribution < -0.4 is 10.2 Å². The normalized spacial score (nSPS) is 19.3. The molecule has 4 nitrogen and oxygen atoms in total. The highest BCUT2D eigenvalue weighted by Gasteiger charge is 2.25. The molecule has 2 fully saturated rings. The summed E-state index contributed by atoms with van der Waals surface area (Å²) in [4.78, 5) is 25.8. The summed E-state index contributed by atoms with van der Waals surface area (Å²) in [6, 6.07) is 5.82. The van der Waals surface area contributed by atoms with E-state index in [0.29, 0.717) is 6.42 Å². The van der Waals surface area contributed by atoms with Gasteiger partial charge in [-0.3, -0.25) is 9.59 Å². The Morgan fingerprint density at radius 2 is 2.05 bits per heavy atom. The van der Waals surface area contributed by atoms with Crippen molar-refractivity contribution in [3.05, 3.63) is 23.8 Å². The Balaban J connectivity index is 1.72. The van der Waals surface area contributed by atoms with Gasteiger partial charge in [0.2, 0.25) is 11.8 Å². The Labute approximate surface area is 125 Å². The molecule has 4 heteroatoms. The average molecular weight is 286 g/mol. The number of hydrogen-bond donors (Lipinski definition) is 1. The lowest BCUT2D eigenvalue weighted by molar-refractivity contribution is -0.122. The van der Waals surface area contributed by atoms with Crippen molar-refractivity contribution in [1.82, 2.24) is 0 Å². The second kappa shape index (κ2) is 5.88. The number of benzene rings is 1. The van der Waals surface area contributed by atoms with Crippen LogP contribution in [0.25, 0.3) is 0 Å². The molecule has 0 atom stereocenters. The molecule has 1 aliphatic heterocycles. The quantitative estimate of drug-likeness (QED) is 0.927. The van der Waals surface area contributed by atoms with Gasteiger partial charge in [0.05, 0.1) is 0 Å². The Bertz CT molecular complexity index is 564. The zero-order valence-electron chi connectivity index (χ0n) is 12.5. The predicted octanol–water partition coefficient (Wildman–Crippen LogP) is 3.25. The zero-order chi connectivity index (χ0) is 14.8. The first-order chi connectivity index (χ1) is 10.1. The highest BCUT2D eigenvalue weighted by Crippen LogP contribution is 2.30. The Morgan fingerprint density at radius 1 is 1.24 bits per heavy atom. The standard InChI is InChI=1S/C17H22N2O2/c1-12-11-14(18-17(21)13-5-4-6-13)8-9-15(12)19-10-3-2-7-16(19)20/h8-9,11,13H,2-7,10H2,1H3,(H,18,21). The van der Waals surface area contributed by atoms with Crippen molar-refractivity contribution < 1.29 is 9.59 Å². The van der Waals surface area contributed by atoms with Crippen molar-refractivity contribution in [3.63, 3.8) is 0 Å². The van der Waals surface area contributed by atoms with Crippen LogP contribution in [0.15, 0.2) is 18.2 Å². The highest BCUT2D eigenvalue weighted by molar-refractivity contribution is 5.96. The number of amides is 2. The van der Waals surface area contributed by atoms with Crippen LogP contribution in [0.3, 0.4) is 0 Å². The minimum atomic E-state index is 0.127. The molecule has 1 aromatic carbocycles. The van der Waals surface area contributed by atoms with Crippen molar-refractivity contribution in [2.75, 3.05) is 16.8 Å². The first-order valence-corrected chi connectivity index (χ1v) is 7.87. The third-order valence-corrected chi connectivity index (χ3v) is 4.55. The molecule has 0 spiro atoms. The number of hydrogen-bond acceptors (Lipinski definition) is 2. The second-order valence-corrected chi connectivity index (χ2v) is 6.12. The first-order valence-electron chi connectivity index (χ1n) is 7.87. The molecule has 1 saturated carbocycles. The van der Waals surface area contributed by atoms with E-state index in [2.05, 4.69) is 5.32 Å². The van der Waals surface area contributed by atoms with E-state index in [-0.39, 0.29) is 17.7 Å². The number of nitrogens with one attached hydrogen (secondary N) is 1. The van der Waals surface area contributed by atoms with Gasteiger partial charge in [0.15, 0.2) is 0 Å². The summed E-state index contributed by atoms with van der Waals surface area (Å²) in [5, 5.41) is 2.98. The van der Waals surface area contributed by atoms with E-state index in [0.717, 1.165) is 55.6 Å². The fourth-order valence-electron chi connectivity index (χ4n) is 3.01. The molecule has 1 saturated heterocycles. The van der Waals surface area contributed by atoms with Crippen LogP contribution in [0.2, 0.25) is 0 Å².